The monoisotopic (exact) mass is 137 g/mol. The Labute approximate surface area is 57.9 Å². The van der Waals surface area contributed by atoms with Crippen molar-refractivity contribution >= 4 is 5.97 Å². The zero-order chi connectivity index (χ0) is 7.40. The van der Waals surface area contributed by atoms with Crippen LogP contribution in [-0.2, 0) is 4.74 Å². The smallest absolute Gasteiger partial charge is 0.376 e. The third-order valence-electron chi connectivity index (χ3n) is 0.891. The first-order chi connectivity index (χ1) is 4.84. The zero-order valence-corrected chi connectivity index (χ0v) is 5.37. The lowest BCUT2D eigenvalue weighted by Crippen LogP contribution is -2.05. The van der Waals surface area contributed by atoms with Crippen LogP contribution in [0.4, 0.5) is 0 Å². The number of hydrogen-bond acceptors (Lipinski definition) is 4. The molecule has 4 nitrogen and oxygen atoms in total. The van der Waals surface area contributed by atoms with Crippen molar-refractivity contribution in [1.82, 2.24) is 9.97 Å². The van der Waals surface area contributed by atoms with Crippen LogP contribution in [0.5, 0.6) is 0 Å². The Morgan fingerprint density at radius 1 is 1.60 bits per heavy atom. The lowest BCUT2D eigenvalue weighted by molar-refractivity contribution is 0.0586. The van der Waals surface area contributed by atoms with Crippen molar-refractivity contribution in [3.63, 3.8) is 0 Å². The predicted octanol–water partition coefficient (Wildman–Crippen LogP) is 0.0634. The molecule has 0 N–H and O–H groups in total. The van der Waals surface area contributed by atoms with E-state index in [4.69, 9.17) is 0 Å². The molecule has 1 heterocycles. The summed E-state index contributed by atoms with van der Waals surface area (Å²) >= 11 is 0. The van der Waals surface area contributed by atoms with Crippen LogP contribution in [0.15, 0.2) is 12.4 Å². The van der Waals surface area contributed by atoms with Crippen LogP contribution in [0.3, 0.4) is 0 Å². The van der Waals surface area contributed by atoms with Crippen molar-refractivity contribution in [2.45, 2.75) is 0 Å². The van der Waals surface area contributed by atoms with Gasteiger partial charge in [0.15, 0.2) is 0 Å². The minimum absolute atomic E-state index is 0.0567. The van der Waals surface area contributed by atoms with Crippen molar-refractivity contribution in [3.05, 3.63) is 24.3 Å². The second-order valence-electron chi connectivity index (χ2n) is 1.50. The van der Waals surface area contributed by atoms with Crippen molar-refractivity contribution in [2.24, 2.45) is 0 Å². The molecule has 1 radical (unpaired) electrons. The summed E-state index contributed by atoms with van der Waals surface area (Å²) in [6.07, 6.45) is 2.72. The van der Waals surface area contributed by atoms with Crippen molar-refractivity contribution in [2.75, 3.05) is 7.11 Å². The average Bonchev–Trinajstić information content (AvgIpc) is 2.05. The first-order valence-electron chi connectivity index (χ1n) is 2.61. The van der Waals surface area contributed by atoms with Gasteiger partial charge in [-0.2, -0.15) is 0 Å². The standard InChI is InChI=1S/C6H5N2O2/c1-10-6(9)5-7-3-2-4-8-5/h3-4H,1H3. The summed E-state index contributed by atoms with van der Waals surface area (Å²) in [5.41, 5.74) is 0. The summed E-state index contributed by atoms with van der Waals surface area (Å²) in [7, 11) is 1.28. The van der Waals surface area contributed by atoms with Gasteiger partial charge in [0.1, 0.15) is 0 Å². The SMILES string of the molecule is COC(=O)c1nc[c]cn1. The van der Waals surface area contributed by atoms with Gasteiger partial charge in [0, 0.05) is 18.5 Å². The van der Waals surface area contributed by atoms with Crippen molar-refractivity contribution in [1.29, 1.82) is 0 Å². The first-order valence-corrected chi connectivity index (χ1v) is 2.61. The molecule has 0 fully saturated rings. The lowest BCUT2D eigenvalue weighted by Gasteiger charge is -1.93. The van der Waals surface area contributed by atoms with Gasteiger partial charge >= 0.3 is 5.97 Å². The van der Waals surface area contributed by atoms with E-state index in [1.165, 1.54) is 19.5 Å². The molecule has 4 heteroatoms. The fourth-order valence-electron chi connectivity index (χ4n) is 0.460. The van der Waals surface area contributed by atoms with Gasteiger partial charge in [-0.1, -0.05) is 0 Å². The largest absolute Gasteiger partial charge is 0.463 e. The molecular formula is C6H5N2O2. The van der Waals surface area contributed by atoms with E-state index in [1.54, 1.807) is 0 Å². The number of rotatable bonds is 1. The highest BCUT2D eigenvalue weighted by Gasteiger charge is 2.05. The molecule has 1 rings (SSSR count). The molecule has 0 aliphatic heterocycles. The van der Waals surface area contributed by atoms with Crippen LogP contribution in [0.2, 0.25) is 0 Å². The molecule has 1 aromatic rings. The summed E-state index contributed by atoms with van der Waals surface area (Å²) in [5, 5.41) is 0. The molecule has 0 atom stereocenters. The van der Waals surface area contributed by atoms with E-state index in [2.05, 4.69) is 20.8 Å². The maximum atomic E-state index is 10.7. The number of hydrogen-bond donors (Lipinski definition) is 0. The molecule has 0 bridgehead atoms. The molecule has 1 aromatic heterocycles. The first kappa shape index (κ1) is 6.67. The van der Waals surface area contributed by atoms with E-state index < -0.39 is 5.97 Å². The van der Waals surface area contributed by atoms with Crippen LogP contribution in [-0.4, -0.2) is 23.0 Å². The van der Waals surface area contributed by atoms with E-state index in [0.717, 1.165) is 0 Å². The zero-order valence-electron chi connectivity index (χ0n) is 5.37. The normalized spacial score (nSPS) is 8.90. The fourth-order valence-corrected chi connectivity index (χ4v) is 0.460. The highest BCUT2D eigenvalue weighted by Crippen LogP contribution is 1.88. The van der Waals surface area contributed by atoms with Gasteiger partial charge < -0.3 is 4.74 Å². The van der Waals surface area contributed by atoms with Gasteiger partial charge in [-0.25, -0.2) is 14.8 Å². The quantitative estimate of drug-likeness (QED) is 0.514. The van der Waals surface area contributed by atoms with Crippen LogP contribution < -0.4 is 0 Å². The summed E-state index contributed by atoms with van der Waals surface area (Å²) < 4.78 is 4.36. The summed E-state index contributed by atoms with van der Waals surface area (Å²) in [4.78, 5) is 17.9. The molecule has 0 aliphatic rings. The van der Waals surface area contributed by atoms with E-state index in [-0.39, 0.29) is 5.82 Å². The van der Waals surface area contributed by atoms with E-state index in [9.17, 15) is 4.79 Å². The Morgan fingerprint density at radius 3 is 2.70 bits per heavy atom. The van der Waals surface area contributed by atoms with Crippen LogP contribution in [0, 0.1) is 6.07 Å². The van der Waals surface area contributed by atoms with Crippen molar-refractivity contribution < 1.29 is 9.53 Å². The van der Waals surface area contributed by atoms with Crippen LogP contribution in [0.1, 0.15) is 10.6 Å². The Bertz CT molecular complexity index is 222. The summed E-state index contributed by atoms with van der Waals surface area (Å²) in [6.45, 7) is 0. The third kappa shape index (κ3) is 1.28. The lowest BCUT2D eigenvalue weighted by atomic mass is 10.6. The van der Waals surface area contributed by atoms with Gasteiger partial charge in [0.05, 0.1) is 7.11 Å². The molecule has 51 valence electrons. The average molecular weight is 137 g/mol. The molecule has 10 heavy (non-hydrogen) atoms. The molecule has 0 aromatic carbocycles. The van der Waals surface area contributed by atoms with Gasteiger partial charge in [-0.05, 0) is 0 Å². The van der Waals surface area contributed by atoms with Gasteiger partial charge in [0.25, 0.3) is 0 Å². The second-order valence-corrected chi connectivity index (χ2v) is 1.50. The highest BCUT2D eigenvalue weighted by atomic mass is 16.5. The van der Waals surface area contributed by atoms with Gasteiger partial charge in [-0.15, -0.1) is 0 Å². The number of esters is 1. The minimum atomic E-state index is -0.533. The van der Waals surface area contributed by atoms with E-state index in [0.29, 0.717) is 0 Å². The molecule has 0 saturated heterocycles. The highest BCUT2D eigenvalue weighted by molar-refractivity contribution is 5.84. The molecule has 0 spiro atoms. The number of carbonyl (C=O) groups is 1. The Hall–Kier alpha value is -1.45. The van der Waals surface area contributed by atoms with Crippen molar-refractivity contribution in [3.8, 4) is 0 Å². The Morgan fingerprint density at radius 2 is 2.20 bits per heavy atom. The second kappa shape index (κ2) is 2.91. The molecule has 0 saturated carbocycles. The molecule has 0 amide bonds. The third-order valence-corrected chi connectivity index (χ3v) is 0.891. The van der Waals surface area contributed by atoms with Gasteiger partial charge in [-0.3, -0.25) is 0 Å². The number of aromatic nitrogens is 2. The predicted molar refractivity (Wildman–Crippen MR) is 32.2 cm³/mol. The van der Waals surface area contributed by atoms with Crippen LogP contribution in [0.25, 0.3) is 0 Å². The van der Waals surface area contributed by atoms with Crippen LogP contribution >= 0.6 is 0 Å². The summed E-state index contributed by atoms with van der Waals surface area (Å²) in [6, 6.07) is 2.58. The van der Waals surface area contributed by atoms with Gasteiger partial charge in [0.2, 0.25) is 5.82 Å². The number of carbonyl (C=O) groups excluding carboxylic acids is 1. The van der Waals surface area contributed by atoms with E-state index in [1.807, 2.05) is 0 Å². The topological polar surface area (TPSA) is 52.1 Å². The maximum absolute atomic E-state index is 10.7. The summed E-state index contributed by atoms with van der Waals surface area (Å²) in [5.74, 6) is -0.477. The Kier molecular flexibility index (Phi) is 1.94. The molecular weight excluding hydrogens is 132 g/mol. The number of ether oxygens (including phenoxy) is 1. The maximum Gasteiger partial charge on any atom is 0.376 e. The molecule has 0 aliphatic carbocycles. The number of nitrogens with zero attached hydrogens (tertiary/aromatic N) is 2. The fraction of sp³-hybridized carbons (Fsp3) is 0.167. The van der Waals surface area contributed by atoms with E-state index >= 15 is 0 Å². The Balaban J connectivity index is 2.85. The number of methoxy groups -OCH3 is 1. The molecule has 0 unspecified atom stereocenters. The minimum Gasteiger partial charge on any atom is -0.463 e.